The lowest BCUT2D eigenvalue weighted by molar-refractivity contribution is 0.184. The number of anilines is 2. The van der Waals surface area contributed by atoms with Crippen LogP contribution in [0.5, 0.6) is 0 Å². The van der Waals surface area contributed by atoms with Crippen molar-refractivity contribution in [2.45, 2.75) is 19.0 Å². The number of aromatic nitrogens is 1. The van der Waals surface area contributed by atoms with Gasteiger partial charge in [0.05, 0.1) is 5.02 Å². The highest BCUT2D eigenvalue weighted by atomic mass is 35.5. The van der Waals surface area contributed by atoms with Crippen LogP contribution < -0.4 is 10.2 Å². The maximum absolute atomic E-state index is 12.9. The number of hydrogen-bond acceptors (Lipinski definition) is 3. The summed E-state index contributed by atoms with van der Waals surface area (Å²) in [6.07, 6.45) is 1.73. The van der Waals surface area contributed by atoms with Crippen molar-refractivity contribution in [3.63, 3.8) is 0 Å². The van der Waals surface area contributed by atoms with Gasteiger partial charge in [-0.15, -0.1) is 0 Å². The molecule has 0 saturated carbocycles. The summed E-state index contributed by atoms with van der Waals surface area (Å²) in [6.45, 7) is 11.5. The summed E-state index contributed by atoms with van der Waals surface area (Å²) < 4.78 is 0. The van der Waals surface area contributed by atoms with Crippen LogP contribution >= 0.6 is 11.6 Å². The normalized spacial score (nSPS) is 16.8. The number of rotatable bonds is 4. The van der Waals surface area contributed by atoms with Crippen molar-refractivity contribution in [3.8, 4) is 0 Å². The Labute approximate surface area is 193 Å². The summed E-state index contributed by atoms with van der Waals surface area (Å²) >= 11 is 6.28. The minimum absolute atomic E-state index is 0.00525. The van der Waals surface area contributed by atoms with Crippen molar-refractivity contribution in [3.05, 3.63) is 100 Å². The number of carbonyl (C=O) groups is 1. The maximum atomic E-state index is 12.9. The fourth-order valence-corrected chi connectivity index (χ4v) is 4.22. The van der Waals surface area contributed by atoms with Crippen LogP contribution in [0.15, 0.2) is 72.9 Å². The molecule has 1 aromatic heterocycles. The van der Waals surface area contributed by atoms with Crippen LogP contribution in [0.25, 0.3) is 4.85 Å². The Hall–Kier alpha value is -3.56. The summed E-state index contributed by atoms with van der Waals surface area (Å²) in [5.41, 5.74) is 2.57. The number of benzene rings is 2. The van der Waals surface area contributed by atoms with E-state index >= 15 is 0 Å². The summed E-state index contributed by atoms with van der Waals surface area (Å²) in [4.78, 5) is 25.0. The van der Waals surface area contributed by atoms with Crippen molar-refractivity contribution < 1.29 is 4.79 Å². The monoisotopic (exact) mass is 445 g/mol. The van der Waals surface area contributed by atoms with E-state index in [1.807, 2.05) is 78.6 Å². The quantitative estimate of drug-likeness (QED) is 0.540. The first kappa shape index (κ1) is 21.7. The minimum atomic E-state index is -0.354. The minimum Gasteiger partial charge on any atom is -0.352 e. The SMILES string of the molecule is [C-]#[N+]C(c1ccccc1)c1ccc(NC(=O)N2CCN(c3ncccc3Cl)CC2C)cc1. The first-order valence-electron chi connectivity index (χ1n) is 10.5. The van der Waals surface area contributed by atoms with Crippen molar-refractivity contribution in [1.82, 2.24) is 9.88 Å². The second-order valence-electron chi connectivity index (χ2n) is 7.79. The summed E-state index contributed by atoms with van der Waals surface area (Å²) in [7, 11) is 0. The van der Waals surface area contributed by atoms with Gasteiger partial charge >= 0.3 is 6.03 Å². The lowest BCUT2D eigenvalue weighted by atomic mass is 9.99. The maximum Gasteiger partial charge on any atom is 0.322 e. The number of nitrogens with zero attached hydrogens (tertiary/aromatic N) is 4. The molecule has 6 nitrogen and oxygen atoms in total. The highest BCUT2D eigenvalue weighted by Crippen LogP contribution is 2.28. The summed E-state index contributed by atoms with van der Waals surface area (Å²) in [5.74, 6) is 0.754. The van der Waals surface area contributed by atoms with Crippen LogP contribution in [0.1, 0.15) is 24.1 Å². The van der Waals surface area contributed by atoms with Crippen LogP contribution in [0.2, 0.25) is 5.02 Å². The predicted molar refractivity (Wildman–Crippen MR) is 128 cm³/mol. The molecule has 162 valence electrons. The van der Waals surface area contributed by atoms with Crippen molar-refractivity contribution >= 4 is 29.1 Å². The molecule has 7 heteroatoms. The van der Waals surface area contributed by atoms with Gasteiger partial charge in [0, 0.05) is 48.7 Å². The number of nitrogens with one attached hydrogen (secondary N) is 1. The number of urea groups is 1. The Kier molecular flexibility index (Phi) is 6.58. The third-order valence-electron chi connectivity index (χ3n) is 5.65. The fraction of sp³-hybridized carbons (Fsp3) is 0.240. The Morgan fingerprint density at radius 1 is 1.09 bits per heavy atom. The zero-order valence-electron chi connectivity index (χ0n) is 17.8. The lowest BCUT2D eigenvalue weighted by Gasteiger charge is -2.40. The van der Waals surface area contributed by atoms with Gasteiger partial charge in [-0.05, 0) is 43.3 Å². The molecule has 2 heterocycles. The molecular weight excluding hydrogens is 422 g/mol. The smallest absolute Gasteiger partial charge is 0.322 e. The average molecular weight is 446 g/mol. The molecular formula is C25H24ClN5O. The number of pyridine rings is 1. The predicted octanol–water partition coefficient (Wildman–Crippen LogP) is 5.49. The van der Waals surface area contributed by atoms with E-state index in [0.29, 0.717) is 30.3 Å². The fourth-order valence-electron chi connectivity index (χ4n) is 3.98. The highest BCUT2D eigenvalue weighted by molar-refractivity contribution is 6.32. The first-order valence-corrected chi connectivity index (χ1v) is 10.9. The van der Waals surface area contributed by atoms with Gasteiger partial charge in [0.25, 0.3) is 6.04 Å². The van der Waals surface area contributed by atoms with Crippen LogP contribution in [0.3, 0.4) is 0 Å². The number of hydrogen-bond donors (Lipinski definition) is 1. The van der Waals surface area contributed by atoms with Gasteiger partial charge < -0.3 is 20.0 Å². The van der Waals surface area contributed by atoms with Gasteiger partial charge in [-0.2, -0.15) is 0 Å². The molecule has 3 aromatic rings. The van der Waals surface area contributed by atoms with Gasteiger partial charge in [0.15, 0.2) is 0 Å². The van der Waals surface area contributed by atoms with E-state index in [1.54, 1.807) is 6.20 Å². The number of halogens is 1. The lowest BCUT2D eigenvalue weighted by Crippen LogP contribution is -2.55. The van der Waals surface area contributed by atoms with Crippen molar-refractivity contribution in [1.29, 1.82) is 0 Å². The van der Waals surface area contributed by atoms with E-state index in [0.717, 1.165) is 16.9 Å². The Bertz CT molecular complexity index is 1110. The molecule has 0 radical (unpaired) electrons. The molecule has 2 amide bonds. The highest BCUT2D eigenvalue weighted by Gasteiger charge is 2.29. The molecule has 0 bridgehead atoms. The topological polar surface area (TPSA) is 52.8 Å². The van der Waals surface area contributed by atoms with Gasteiger partial charge in [-0.25, -0.2) is 16.4 Å². The van der Waals surface area contributed by atoms with Gasteiger partial charge in [-0.3, -0.25) is 0 Å². The molecule has 2 aromatic carbocycles. The summed E-state index contributed by atoms with van der Waals surface area (Å²) in [6, 6.07) is 20.4. The zero-order chi connectivity index (χ0) is 22.5. The van der Waals surface area contributed by atoms with E-state index in [4.69, 9.17) is 18.2 Å². The van der Waals surface area contributed by atoms with Crippen LogP contribution in [-0.2, 0) is 0 Å². The van der Waals surface area contributed by atoms with E-state index < -0.39 is 0 Å². The van der Waals surface area contributed by atoms with E-state index in [1.165, 1.54) is 0 Å². The molecule has 0 aliphatic carbocycles. The third-order valence-corrected chi connectivity index (χ3v) is 5.94. The summed E-state index contributed by atoms with van der Waals surface area (Å²) in [5, 5.41) is 3.60. The Morgan fingerprint density at radius 3 is 2.47 bits per heavy atom. The largest absolute Gasteiger partial charge is 0.352 e. The second kappa shape index (κ2) is 9.71. The van der Waals surface area contributed by atoms with Crippen LogP contribution in [0.4, 0.5) is 16.3 Å². The standard InChI is InChI=1S/C25H24ClN5O/c1-18-17-30(24-22(26)9-6-14-28-24)15-16-31(18)25(32)29-21-12-10-20(11-13-21)23(27-2)19-7-4-3-5-8-19/h3-14,18,23H,15-17H2,1H3,(H,29,32). The number of amides is 2. The molecule has 1 aliphatic heterocycles. The molecule has 2 atom stereocenters. The van der Waals surface area contributed by atoms with Gasteiger partial charge in [0.2, 0.25) is 0 Å². The van der Waals surface area contributed by atoms with Gasteiger partial charge in [-0.1, -0.05) is 41.9 Å². The molecule has 1 saturated heterocycles. The Morgan fingerprint density at radius 2 is 1.81 bits per heavy atom. The third kappa shape index (κ3) is 4.68. The molecule has 1 fully saturated rings. The average Bonchev–Trinajstić information content (AvgIpc) is 2.81. The van der Waals surface area contributed by atoms with E-state index in [2.05, 4.69) is 20.0 Å². The number of carbonyl (C=O) groups excluding carboxylic acids is 1. The van der Waals surface area contributed by atoms with E-state index in [-0.39, 0.29) is 18.1 Å². The molecule has 0 spiro atoms. The van der Waals surface area contributed by atoms with Gasteiger partial charge in [0.1, 0.15) is 5.82 Å². The van der Waals surface area contributed by atoms with Crippen LogP contribution in [0, 0.1) is 6.57 Å². The molecule has 32 heavy (non-hydrogen) atoms. The van der Waals surface area contributed by atoms with E-state index in [9.17, 15) is 4.79 Å². The molecule has 1 N–H and O–H groups in total. The molecule has 1 aliphatic rings. The molecule has 2 unspecified atom stereocenters. The van der Waals surface area contributed by atoms with Crippen molar-refractivity contribution in [2.24, 2.45) is 0 Å². The first-order chi connectivity index (χ1) is 15.6. The Balaban J connectivity index is 1.39. The second-order valence-corrected chi connectivity index (χ2v) is 8.20. The number of piperazine rings is 1. The van der Waals surface area contributed by atoms with Crippen molar-refractivity contribution in [2.75, 3.05) is 29.9 Å². The van der Waals surface area contributed by atoms with Crippen LogP contribution in [-0.4, -0.2) is 41.6 Å². The molecule has 4 rings (SSSR count). The zero-order valence-corrected chi connectivity index (χ0v) is 18.5.